The van der Waals surface area contributed by atoms with Crippen LogP contribution in [0, 0.1) is 59.2 Å². The van der Waals surface area contributed by atoms with Gasteiger partial charge in [0.05, 0.1) is 42.8 Å². The van der Waals surface area contributed by atoms with Gasteiger partial charge in [0.15, 0.2) is 11.5 Å². The van der Waals surface area contributed by atoms with Gasteiger partial charge in [0, 0.05) is 108 Å². The smallest absolute Gasteiger partial charge is 0.302 e. The summed E-state index contributed by atoms with van der Waals surface area (Å²) in [5.41, 5.74) is 21.3. The lowest BCUT2D eigenvalue weighted by atomic mass is 9.61. The molecule has 1 unspecified atom stereocenters. The molecule has 482 valence electrons. The number of aliphatic hydroxyl groups excluding tert-OH is 1. The minimum Gasteiger partial charge on any atom is -0.508 e. The van der Waals surface area contributed by atoms with E-state index in [0.29, 0.717) is 60.1 Å². The molecule has 8 N–H and O–H groups in total. The summed E-state index contributed by atoms with van der Waals surface area (Å²) in [5.74, 6) is 16.9. The van der Waals surface area contributed by atoms with Crippen LogP contribution >= 0.6 is 21.6 Å². The maximum absolute atomic E-state index is 14.0. The lowest BCUT2D eigenvalue weighted by Gasteiger charge is -2.44. The number of aromatic hydroxyl groups is 2. The van der Waals surface area contributed by atoms with Gasteiger partial charge in [-0.1, -0.05) is 125 Å². The Morgan fingerprint density at radius 1 is 0.946 bits per heavy atom. The second-order valence-corrected chi connectivity index (χ2v) is 31.1. The molecule has 16 atom stereocenters. The maximum atomic E-state index is 14.0. The van der Waals surface area contributed by atoms with Gasteiger partial charge in [-0.05, 0) is 157 Å². The predicted octanol–water partition coefficient (Wildman–Crippen LogP) is 12.0. The number of nitrogens with two attached hydrogens (primary N) is 1. The molecule has 0 amide bonds. The van der Waals surface area contributed by atoms with Crippen LogP contribution in [0.3, 0.4) is 0 Å². The van der Waals surface area contributed by atoms with Crippen LogP contribution in [0.2, 0.25) is 0 Å². The molecule has 11 aliphatic rings. The van der Waals surface area contributed by atoms with Crippen molar-refractivity contribution in [2.75, 3.05) is 46.3 Å². The number of rotatable bonds is 8. The SMILES string of the molecule is COC[C@H]1[C@@H](CO)CNCc2c(O)c3c(c4c2[C@H]2C#CC5=C6C(=CC(N)N5)CC[C@H](c5cccc(c5)C[C@H]1C#C2)[C@H]6[C@H]1CC[C@]2(Cc5cc(O)cc(OC)c5-c5ccc6c(c52)O[C@H]4[C@H]6COC(C)=O)C1)C=C[C@@H]1N[C@@H]2CCC[C@@H](CSS[C@@H](Cc4ccccc4)[C@@H]1O3)C2. The van der Waals surface area contributed by atoms with E-state index in [2.05, 4.69) is 125 Å². The van der Waals surface area contributed by atoms with Crippen molar-refractivity contribution >= 4 is 33.6 Å². The maximum Gasteiger partial charge on any atom is 0.302 e. The van der Waals surface area contributed by atoms with E-state index < -0.39 is 41.6 Å². The Labute approximate surface area is 554 Å². The molecule has 6 aliphatic heterocycles. The van der Waals surface area contributed by atoms with Gasteiger partial charge in [-0.3, -0.25) is 4.79 Å². The number of esters is 1. The summed E-state index contributed by atoms with van der Waals surface area (Å²) in [6, 6.07) is 28.0. The fraction of sp³-hybridized carbons (Fsp3) is 0.474. The summed E-state index contributed by atoms with van der Waals surface area (Å²) in [4.78, 5) is 13.5. The molecule has 1 spiro atoms. The monoisotopic (exact) mass is 1280 g/mol. The van der Waals surface area contributed by atoms with Crippen molar-refractivity contribution in [3.05, 3.63) is 163 Å². The number of carbonyl (C=O) groups excluding carboxylic acids is 1. The van der Waals surface area contributed by atoms with Gasteiger partial charge >= 0.3 is 5.97 Å². The van der Waals surface area contributed by atoms with Gasteiger partial charge in [-0.15, -0.1) is 0 Å². The third kappa shape index (κ3) is 10.9. The average Bonchev–Trinajstić information content (AvgIpc) is 1.61. The normalized spacial score (nSPS) is 32.3. The van der Waals surface area contributed by atoms with E-state index in [1.54, 1.807) is 20.3 Å². The Hall–Kier alpha value is -6.79. The number of phenols is 2. The summed E-state index contributed by atoms with van der Waals surface area (Å²) in [5, 5.41) is 49.0. The van der Waals surface area contributed by atoms with Gasteiger partial charge in [0.25, 0.3) is 0 Å². The summed E-state index contributed by atoms with van der Waals surface area (Å²) >= 11 is 0. The Bertz CT molecular complexity index is 4030. The van der Waals surface area contributed by atoms with Crippen molar-refractivity contribution in [2.45, 2.75) is 149 Å². The topological polar surface area (TPSA) is 186 Å². The van der Waals surface area contributed by atoms with E-state index in [4.69, 9.17) is 29.4 Å². The Kier molecular flexibility index (Phi) is 16.5. The molecular weight excluding hydrogens is 1200 g/mol. The van der Waals surface area contributed by atoms with Crippen molar-refractivity contribution in [1.29, 1.82) is 0 Å². The van der Waals surface area contributed by atoms with E-state index >= 15 is 0 Å². The molecule has 15 heteroatoms. The summed E-state index contributed by atoms with van der Waals surface area (Å²) in [7, 11) is 7.27. The van der Waals surface area contributed by atoms with E-state index in [1.807, 2.05) is 27.7 Å². The molecule has 3 saturated carbocycles. The number of allylic oxidation sites excluding steroid dienone is 3. The first-order valence-electron chi connectivity index (χ1n) is 34.1. The second kappa shape index (κ2) is 25.1. The highest BCUT2D eigenvalue weighted by molar-refractivity contribution is 8.77. The number of nitrogens with one attached hydrogen (secondary N) is 3. The predicted molar refractivity (Wildman–Crippen MR) is 365 cm³/mol. The van der Waals surface area contributed by atoms with Gasteiger partial charge in [0.2, 0.25) is 0 Å². The van der Waals surface area contributed by atoms with E-state index in [9.17, 15) is 20.1 Å². The molecule has 5 aliphatic carbocycles. The second-order valence-electron chi connectivity index (χ2n) is 28.4. The number of fused-ring (bicyclic) bond motifs is 14. The minimum absolute atomic E-state index is 0.000732. The van der Waals surface area contributed by atoms with E-state index in [-0.39, 0.29) is 84.1 Å². The lowest BCUT2D eigenvalue weighted by Crippen LogP contribution is -2.52. The fourth-order valence-corrected chi connectivity index (χ4v) is 22.2. The summed E-state index contributed by atoms with van der Waals surface area (Å²) in [6.45, 7) is 2.28. The zero-order chi connectivity index (χ0) is 63.2. The zero-order valence-electron chi connectivity index (χ0n) is 53.3. The number of aliphatic hydroxyl groups is 1. The number of hydrogen-bond acceptors (Lipinski definition) is 15. The highest BCUT2D eigenvalue weighted by atomic mass is 33.1. The number of methoxy groups -OCH3 is 2. The first-order chi connectivity index (χ1) is 45.4. The quantitative estimate of drug-likeness (QED) is 0.0442. The third-order valence-corrected chi connectivity index (χ3v) is 26.0. The van der Waals surface area contributed by atoms with Crippen LogP contribution in [0.25, 0.3) is 17.2 Å². The molecule has 6 heterocycles. The highest BCUT2D eigenvalue weighted by Gasteiger charge is 2.55. The molecular formula is C78H84N4O9S2. The average molecular weight is 1290 g/mol. The first kappa shape index (κ1) is 61.1. The summed E-state index contributed by atoms with van der Waals surface area (Å²) in [6.07, 6.45) is 15.8. The Balaban J connectivity index is 1.02. The highest BCUT2D eigenvalue weighted by Crippen LogP contribution is 2.66. The number of benzene rings is 5. The van der Waals surface area contributed by atoms with Gasteiger partial charge in [-0.25, -0.2) is 0 Å². The molecule has 5 aromatic rings. The number of carbonyl (C=O) groups is 1. The molecule has 0 radical (unpaired) electrons. The van der Waals surface area contributed by atoms with Crippen molar-refractivity contribution in [3.63, 3.8) is 0 Å². The number of phenolic OH excluding ortho intramolecular Hbond substituents is 2. The van der Waals surface area contributed by atoms with E-state index in [1.165, 1.54) is 41.2 Å². The molecule has 4 fully saturated rings. The molecule has 13 bridgehead atoms. The van der Waals surface area contributed by atoms with Crippen molar-refractivity contribution in [1.82, 2.24) is 16.0 Å². The van der Waals surface area contributed by atoms with Crippen LogP contribution in [-0.2, 0) is 45.5 Å². The van der Waals surface area contributed by atoms with Crippen molar-refractivity contribution in [3.8, 4) is 63.6 Å². The van der Waals surface area contributed by atoms with Crippen molar-refractivity contribution < 1.29 is 43.8 Å². The van der Waals surface area contributed by atoms with Gasteiger partial charge in [0.1, 0.15) is 42.0 Å². The standard InChI is InChI=1S/C78H84N4O9S2/c1-42(84)89-40-61-56-20-21-57-67-51(31-54(85)33-64(67)88-3)35-78-26-25-50(34-78)69-55-19-17-49-32-66(79)82-62(70(49)69)23-18-46-15-16-48(28-44-11-7-13-47(55)27-44)60(39-87-2)52(38-83)36-80-37-59-68(46)71(74(61)90-75(56)72(57)78)58-22-24-63-77(91-76(58)73(59)86)65(30-43-9-5-4-6-10-43)93-92-41-45-12-8-14-53(29-45)81-63/h4-7,9-11,13,20-22,24,27,31-33,45-46,48,50,52-53,55,60-61,63,65-66,69,74,77,80-83,85-86H,8,12,14,17,19,25-26,28-30,34-41,79H2,1-3H3/t45-,46-,48-,50+,52-,53-,55-,60-,61+,63+,65+,66?,69-,74+,77-,78-/m1/s1. The van der Waals surface area contributed by atoms with Crippen molar-refractivity contribution in [2.24, 2.45) is 41.2 Å². The van der Waals surface area contributed by atoms with Crippen LogP contribution in [0.1, 0.15) is 144 Å². The third-order valence-electron chi connectivity index (χ3n) is 23.0. The Morgan fingerprint density at radius 3 is 2.69 bits per heavy atom. The van der Waals surface area contributed by atoms with Gasteiger partial charge < -0.3 is 60.7 Å². The fourth-order valence-electron chi connectivity index (χ4n) is 19.0. The van der Waals surface area contributed by atoms with Crippen LogP contribution in [0.4, 0.5) is 0 Å². The first-order valence-corrected chi connectivity index (χ1v) is 36.4. The number of ether oxygens (including phenoxy) is 5. The minimum atomic E-state index is -0.864. The van der Waals surface area contributed by atoms with Gasteiger partial charge in [-0.2, -0.15) is 0 Å². The van der Waals surface area contributed by atoms with Crippen LogP contribution in [-0.4, -0.2) is 97.2 Å². The Morgan fingerprint density at radius 2 is 1.84 bits per heavy atom. The largest absolute Gasteiger partial charge is 0.508 e. The molecule has 0 aromatic heterocycles. The van der Waals surface area contributed by atoms with Crippen LogP contribution < -0.4 is 35.9 Å². The molecule has 13 nitrogen and oxygen atoms in total. The van der Waals surface area contributed by atoms with Crippen LogP contribution in [0.15, 0.2) is 108 Å². The lowest BCUT2D eigenvalue weighted by molar-refractivity contribution is -0.141. The van der Waals surface area contributed by atoms with Crippen LogP contribution in [0.5, 0.6) is 28.7 Å². The molecule has 1 saturated heterocycles. The molecule has 5 aromatic carbocycles. The number of dihydropyridines is 1. The zero-order valence-corrected chi connectivity index (χ0v) is 54.9. The van der Waals surface area contributed by atoms with E-state index in [0.717, 1.165) is 108 Å². The number of hydrogen-bond donors (Lipinski definition) is 7. The molecule has 16 rings (SSSR count). The summed E-state index contributed by atoms with van der Waals surface area (Å²) < 4.78 is 34.8. The molecule has 93 heavy (non-hydrogen) atoms.